The van der Waals surface area contributed by atoms with Crippen LogP contribution in [0.2, 0.25) is 10.4 Å². The molecule has 0 radical (unpaired) electrons. The Kier molecular flexibility index (Phi) is 3.22. The molecule has 0 aromatic carbocycles. The quantitative estimate of drug-likeness (QED) is 0.888. The molecule has 0 bridgehead atoms. The number of nitrogens with one attached hydrogen (secondary N) is 1. The van der Waals surface area contributed by atoms with E-state index < -0.39 is 0 Å². The topological polar surface area (TPSA) is 50.7 Å². The molecule has 0 spiro atoms. The lowest BCUT2D eigenvalue weighted by molar-refractivity contribution is 0.349. The number of anilines is 1. The highest BCUT2D eigenvalue weighted by Gasteiger charge is 2.35. The number of hydrogen-bond donors (Lipinski definition) is 1. The van der Waals surface area contributed by atoms with E-state index in [1.54, 1.807) is 0 Å². The molecule has 1 aromatic rings. The summed E-state index contributed by atoms with van der Waals surface area (Å²) in [5, 5.41) is 11.0. The van der Waals surface area contributed by atoms with Gasteiger partial charge >= 0.3 is 0 Å². The van der Waals surface area contributed by atoms with Gasteiger partial charge in [0.05, 0.1) is 0 Å². The minimum atomic E-state index is 0.114. The van der Waals surface area contributed by atoms with E-state index in [-0.39, 0.29) is 15.9 Å². The standard InChI is InChI=1S/C10H14Cl2N4/c1-10(2)5-3-4-6(10)13-8-7(11)15-16-9(12)14-8/h6H,3-5H2,1-2H3,(H,13,14,16). The van der Waals surface area contributed by atoms with Crippen LogP contribution in [0.15, 0.2) is 0 Å². The van der Waals surface area contributed by atoms with Crippen molar-refractivity contribution in [3.8, 4) is 0 Å². The van der Waals surface area contributed by atoms with Gasteiger partial charge in [0.2, 0.25) is 5.28 Å². The average molecular weight is 261 g/mol. The third kappa shape index (κ3) is 2.38. The molecule has 0 amide bonds. The Hall–Kier alpha value is -0.610. The van der Waals surface area contributed by atoms with Crippen molar-refractivity contribution in [2.45, 2.75) is 39.2 Å². The zero-order valence-electron chi connectivity index (χ0n) is 9.30. The molecule has 1 saturated carbocycles. The lowest BCUT2D eigenvalue weighted by atomic mass is 9.87. The van der Waals surface area contributed by atoms with Gasteiger partial charge in [-0.15, -0.1) is 10.2 Å². The van der Waals surface area contributed by atoms with Crippen LogP contribution in [0.3, 0.4) is 0 Å². The summed E-state index contributed by atoms with van der Waals surface area (Å²) in [5.41, 5.74) is 0.251. The van der Waals surface area contributed by atoms with Crippen LogP contribution < -0.4 is 5.32 Å². The highest BCUT2D eigenvalue weighted by Crippen LogP contribution is 2.39. The van der Waals surface area contributed by atoms with Crippen LogP contribution in [0.1, 0.15) is 33.1 Å². The van der Waals surface area contributed by atoms with Crippen LogP contribution in [-0.4, -0.2) is 21.2 Å². The van der Waals surface area contributed by atoms with Crippen LogP contribution in [0.5, 0.6) is 0 Å². The lowest BCUT2D eigenvalue weighted by Gasteiger charge is -2.28. The molecule has 1 aliphatic rings. The van der Waals surface area contributed by atoms with E-state index in [1.165, 1.54) is 12.8 Å². The number of halogens is 2. The fourth-order valence-corrected chi connectivity index (χ4v) is 2.40. The number of hydrogen-bond acceptors (Lipinski definition) is 4. The maximum Gasteiger partial charge on any atom is 0.245 e. The van der Waals surface area contributed by atoms with Crippen molar-refractivity contribution in [3.05, 3.63) is 10.4 Å². The summed E-state index contributed by atoms with van der Waals surface area (Å²) in [5.74, 6) is 0.529. The summed E-state index contributed by atoms with van der Waals surface area (Å²) in [4.78, 5) is 4.05. The summed E-state index contributed by atoms with van der Waals surface area (Å²) in [7, 11) is 0. The predicted octanol–water partition coefficient (Wildman–Crippen LogP) is 3.17. The Morgan fingerprint density at radius 3 is 2.69 bits per heavy atom. The fourth-order valence-electron chi connectivity index (χ4n) is 2.14. The Morgan fingerprint density at radius 2 is 2.06 bits per heavy atom. The zero-order valence-corrected chi connectivity index (χ0v) is 10.8. The summed E-state index contributed by atoms with van der Waals surface area (Å²) in [6.45, 7) is 4.48. The summed E-state index contributed by atoms with van der Waals surface area (Å²) in [6, 6.07) is 0.359. The molecule has 4 nitrogen and oxygen atoms in total. The highest BCUT2D eigenvalue weighted by atomic mass is 35.5. The van der Waals surface area contributed by atoms with Crippen molar-refractivity contribution in [2.24, 2.45) is 5.41 Å². The van der Waals surface area contributed by atoms with E-state index in [1.807, 2.05) is 0 Å². The molecule has 1 unspecified atom stereocenters. The van der Waals surface area contributed by atoms with E-state index in [2.05, 4.69) is 34.3 Å². The monoisotopic (exact) mass is 260 g/mol. The molecule has 1 aromatic heterocycles. The third-order valence-corrected chi connectivity index (χ3v) is 3.60. The molecule has 0 aliphatic heterocycles. The smallest absolute Gasteiger partial charge is 0.245 e. The second-order valence-electron chi connectivity index (χ2n) is 4.80. The Morgan fingerprint density at radius 1 is 1.31 bits per heavy atom. The zero-order chi connectivity index (χ0) is 11.8. The normalized spacial score (nSPS) is 23.4. The molecule has 88 valence electrons. The van der Waals surface area contributed by atoms with Gasteiger partial charge in [-0.3, -0.25) is 0 Å². The maximum atomic E-state index is 5.91. The first kappa shape index (κ1) is 11.9. The van der Waals surface area contributed by atoms with E-state index in [9.17, 15) is 0 Å². The molecule has 6 heteroatoms. The van der Waals surface area contributed by atoms with Crippen molar-refractivity contribution in [2.75, 3.05) is 5.32 Å². The average Bonchev–Trinajstić information content (AvgIpc) is 2.52. The van der Waals surface area contributed by atoms with Gasteiger partial charge in [0.25, 0.3) is 0 Å². The van der Waals surface area contributed by atoms with Gasteiger partial charge in [0.15, 0.2) is 11.0 Å². The summed E-state index contributed by atoms with van der Waals surface area (Å²) in [6.07, 6.45) is 3.54. The molecule has 1 N–H and O–H groups in total. The van der Waals surface area contributed by atoms with E-state index in [4.69, 9.17) is 23.2 Å². The minimum Gasteiger partial charge on any atom is -0.364 e. The Bertz CT molecular complexity index is 394. The highest BCUT2D eigenvalue weighted by molar-refractivity contribution is 6.32. The van der Waals surface area contributed by atoms with Crippen LogP contribution >= 0.6 is 23.2 Å². The van der Waals surface area contributed by atoms with Crippen LogP contribution in [0.25, 0.3) is 0 Å². The molecule has 2 rings (SSSR count). The molecular formula is C10H14Cl2N4. The van der Waals surface area contributed by atoms with Crippen molar-refractivity contribution < 1.29 is 0 Å². The first-order chi connectivity index (χ1) is 7.49. The second kappa shape index (κ2) is 4.34. The van der Waals surface area contributed by atoms with Crippen molar-refractivity contribution >= 4 is 29.0 Å². The van der Waals surface area contributed by atoms with Crippen LogP contribution in [-0.2, 0) is 0 Å². The lowest BCUT2D eigenvalue weighted by Crippen LogP contribution is -2.31. The fraction of sp³-hybridized carbons (Fsp3) is 0.700. The van der Waals surface area contributed by atoms with Gasteiger partial charge in [0.1, 0.15) is 0 Å². The van der Waals surface area contributed by atoms with Gasteiger partial charge < -0.3 is 5.32 Å². The Labute approximate surface area is 105 Å². The van der Waals surface area contributed by atoms with E-state index in [0.717, 1.165) is 6.42 Å². The van der Waals surface area contributed by atoms with Crippen molar-refractivity contribution in [1.29, 1.82) is 0 Å². The SMILES string of the molecule is CC1(C)CCCC1Nc1nc(Cl)nnc1Cl. The first-order valence-corrected chi connectivity index (χ1v) is 6.07. The summed E-state index contributed by atoms with van der Waals surface area (Å²) < 4.78 is 0. The predicted molar refractivity (Wildman–Crippen MR) is 64.9 cm³/mol. The summed E-state index contributed by atoms with van der Waals surface area (Å²) >= 11 is 11.6. The van der Waals surface area contributed by atoms with Gasteiger partial charge in [-0.2, -0.15) is 4.98 Å². The number of nitrogens with zero attached hydrogens (tertiary/aromatic N) is 3. The van der Waals surface area contributed by atoms with Gasteiger partial charge in [0, 0.05) is 6.04 Å². The van der Waals surface area contributed by atoms with Crippen LogP contribution in [0, 0.1) is 5.41 Å². The third-order valence-electron chi connectivity index (χ3n) is 3.19. The van der Waals surface area contributed by atoms with Crippen molar-refractivity contribution in [1.82, 2.24) is 15.2 Å². The van der Waals surface area contributed by atoms with Gasteiger partial charge in [-0.1, -0.05) is 31.9 Å². The molecule has 1 atom stereocenters. The molecule has 1 aliphatic carbocycles. The van der Waals surface area contributed by atoms with E-state index in [0.29, 0.717) is 11.9 Å². The van der Waals surface area contributed by atoms with Crippen molar-refractivity contribution in [3.63, 3.8) is 0 Å². The Balaban J connectivity index is 2.17. The van der Waals surface area contributed by atoms with Crippen LogP contribution in [0.4, 0.5) is 5.82 Å². The first-order valence-electron chi connectivity index (χ1n) is 5.31. The number of rotatable bonds is 2. The van der Waals surface area contributed by atoms with E-state index >= 15 is 0 Å². The largest absolute Gasteiger partial charge is 0.364 e. The molecule has 1 heterocycles. The minimum absolute atomic E-state index is 0.114. The second-order valence-corrected chi connectivity index (χ2v) is 5.49. The molecule has 0 saturated heterocycles. The van der Waals surface area contributed by atoms with Gasteiger partial charge in [-0.25, -0.2) is 0 Å². The molecular weight excluding hydrogens is 247 g/mol. The maximum absolute atomic E-state index is 5.91. The number of aromatic nitrogens is 3. The molecule has 16 heavy (non-hydrogen) atoms. The molecule has 1 fully saturated rings. The van der Waals surface area contributed by atoms with Gasteiger partial charge in [-0.05, 0) is 29.9 Å².